The van der Waals surface area contributed by atoms with Crippen LogP contribution >= 0.6 is 0 Å². The van der Waals surface area contributed by atoms with Gasteiger partial charge >= 0.3 is 0 Å². The van der Waals surface area contributed by atoms with Crippen LogP contribution in [0, 0.1) is 11.8 Å². The van der Waals surface area contributed by atoms with Crippen LogP contribution in [0.5, 0.6) is 0 Å². The molecule has 2 heteroatoms. The van der Waals surface area contributed by atoms with E-state index in [1.807, 2.05) is 12.3 Å². The van der Waals surface area contributed by atoms with Crippen molar-refractivity contribution >= 4 is 21.9 Å². The number of nitrogens with zero attached hydrogens (tertiary/aromatic N) is 1. The number of aromatic nitrogens is 1. The van der Waals surface area contributed by atoms with Crippen LogP contribution in [0.2, 0.25) is 0 Å². The summed E-state index contributed by atoms with van der Waals surface area (Å²) in [7, 11) is 0. The molecule has 210 valence electrons. The Balaban J connectivity index is 1.19. The number of rotatable bonds is 2. The van der Waals surface area contributed by atoms with Gasteiger partial charge in [0.2, 0.25) is 0 Å². The lowest BCUT2D eigenvalue weighted by Gasteiger charge is -2.59. The van der Waals surface area contributed by atoms with Crippen molar-refractivity contribution in [3.8, 4) is 11.3 Å². The minimum atomic E-state index is 0.451. The standard InChI is InChI=1S/C41H35NO/c1-2-10-28-27(9-1)31-13-8-14-32-29-19-18-24(37-16-5-6-20-42-37)21-34(29)36-23-25(22-35(28)40(36)39(31)32)26-12-7-15-33-30-11-3-4-17-38(30)43-41(26)33/h1-7,9-12,15-21,25,31-32,35-36,39-40H,8,13-14,22-23H2. The van der Waals surface area contributed by atoms with E-state index in [0.717, 1.165) is 22.8 Å². The molecule has 0 aliphatic heterocycles. The van der Waals surface area contributed by atoms with Gasteiger partial charge in [0.05, 0.1) is 5.69 Å². The Morgan fingerprint density at radius 1 is 0.558 bits per heavy atom. The lowest BCUT2D eigenvalue weighted by Crippen LogP contribution is -2.47. The summed E-state index contributed by atoms with van der Waals surface area (Å²) in [5.74, 6) is 4.37. The molecule has 10 rings (SSSR count). The highest BCUT2D eigenvalue weighted by atomic mass is 16.3. The fourth-order valence-electron chi connectivity index (χ4n) is 10.5. The Bertz CT molecular complexity index is 2020. The molecule has 0 bridgehead atoms. The molecule has 2 nitrogen and oxygen atoms in total. The quantitative estimate of drug-likeness (QED) is 0.212. The first-order chi connectivity index (χ1) is 21.3. The second kappa shape index (κ2) is 9.16. The van der Waals surface area contributed by atoms with Crippen molar-refractivity contribution in [3.63, 3.8) is 0 Å². The average Bonchev–Trinajstić information content (AvgIpc) is 3.47. The summed E-state index contributed by atoms with van der Waals surface area (Å²) in [5.41, 5.74) is 12.4. The van der Waals surface area contributed by atoms with E-state index in [1.54, 1.807) is 22.3 Å². The zero-order chi connectivity index (χ0) is 28.1. The van der Waals surface area contributed by atoms with Gasteiger partial charge in [0.1, 0.15) is 11.2 Å². The Morgan fingerprint density at radius 3 is 2.07 bits per heavy atom. The van der Waals surface area contributed by atoms with E-state index < -0.39 is 0 Å². The number of hydrogen-bond acceptors (Lipinski definition) is 2. The molecule has 4 aliphatic rings. The molecule has 2 heterocycles. The summed E-state index contributed by atoms with van der Waals surface area (Å²) in [5, 5.41) is 2.49. The number of hydrogen-bond donors (Lipinski definition) is 0. The van der Waals surface area contributed by atoms with Crippen molar-refractivity contribution < 1.29 is 4.42 Å². The Hall–Kier alpha value is -4.17. The third-order valence-corrected chi connectivity index (χ3v) is 11.9. The maximum atomic E-state index is 6.65. The number of fused-ring (bicyclic) bond motifs is 9. The van der Waals surface area contributed by atoms with Crippen LogP contribution in [-0.2, 0) is 0 Å². The van der Waals surface area contributed by atoms with E-state index in [1.165, 1.54) is 54.0 Å². The largest absolute Gasteiger partial charge is 0.456 e. The van der Waals surface area contributed by atoms with Gasteiger partial charge in [0, 0.05) is 22.5 Å². The normalized spacial score (nSPS) is 28.7. The molecule has 0 saturated heterocycles. The number of pyridine rings is 1. The molecule has 7 atom stereocenters. The third-order valence-electron chi connectivity index (χ3n) is 11.9. The van der Waals surface area contributed by atoms with Crippen molar-refractivity contribution in [2.24, 2.45) is 11.8 Å². The lowest BCUT2D eigenvalue weighted by atomic mass is 9.45. The van der Waals surface area contributed by atoms with Gasteiger partial charge in [-0.15, -0.1) is 0 Å². The van der Waals surface area contributed by atoms with Crippen LogP contribution in [0.1, 0.15) is 89.5 Å². The second-order valence-electron chi connectivity index (χ2n) is 13.7. The SMILES string of the molecule is c1ccc(-c2ccc3c(c2)C2CC(c4cccc5c4oc4ccccc45)CC4c5ccccc5C5CCCC3C5C42)nc1. The van der Waals surface area contributed by atoms with Gasteiger partial charge in [-0.05, 0) is 119 Å². The minimum Gasteiger partial charge on any atom is -0.456 e. The van der Waals surface area contributed by atoms with Gasteiger partial charge in [-0.1, -0.05) is 85.3 Å². The van der Waals surface area contributed by atoms with Crippen molar-refractivity contribution in [2.45, 2.75) is 61.7 Å². The topological polar surface area (TPSA) is 26.0 Å². The van der Waals surface area contributed by atoms with Crippen molar-refractivity contribution in [2.75, 3.05) is 0 Å². The molecule has 0 amide bonds. The van der Waals surface area contributed by atoms with E-state index in [9.17, 15) is 0 Å². The second-order valence-corrected chi connectivity index (χ2v) is 13.7. The summed E-state index contributed by atoms with van der Waals surface area (Å²) in [6, 6.07) is 38.7. The van der Waals surface area contributed by atoms with E-state index in [0.29, 0.717) is 35.5 Å². The maximum absolute atomic E-state index is 6.65. The van der Waals surface area contributed by atoms with Crippen molar-refractivity contribution in [1.82, 2.24) is 4.98 Å². The fraction of sp³-hybridized carbons (Fsp3) is 0.293. The summed E-state index contributed by atoms with van der Waals surface area (Å²) >= 11 is 0. The Kier molecular flexibility index (Phi) is 5.18. The average molecular weight is 558 g/mol. The first-order valence-corrected chi connectivity index (χ1v) is 16.4. The molecule has 0 N–H and O–H groups in total. The summed E-state index contributed by atoms with van der Waals surface area (Å²) in [6.07, 6.45) is 8.33. The molecule has 6 aromatic rings. The smallest absolute Gasteiger partial charge is 0.138 e. The first-order valence-electron chi connectivity index (χ1n) is 16.4. The van der Waals surface area contributed by atoms with E-state index >= 15 is 0 Å². The predicted molar refractivity (Wildman–Crippen MR) is 174 cm³/mol. The number of benzene rings is 4. The van der Waals surface area contributed by atoms with E-state index in [2.05, 4.69) is 97.1 Å². The van der Waals surface area contributed by atoms with Gasteiger partial charge in [0.25, 0.3) is 0 Å². The first kappa shape index (κ1) is 24.3. The van der Waals surface area contributed by atoms with Crippen LogP contribution in [-0.4, -0.2) is 4.98 Å². The van der Waals surface area contributed by atoms with Crippen LogP contribution in [0.15, 0.2) is 114 Å². The fourth-order valence-corrected chi connectivity index (χ4v) is 10.5. The highest BCUT2D eigenvalue weighted by Gasteiger charge is 2.56. The van der Waals surface area contributed by atoms with Crippen LogP contribution in [0.3, 0.4) is 0 Å². The van der Waals surface area contributed by atoms with E-state index in [-0.39, 0.29) is 0 Å². The van der Waals surface area contributed by atoms with Gasteiger partial charge in [-0.3, -0.25) is 4.98 Å². The molecule has 2 saturated carbocycles. The molecule has 7 unspecified atom stereocenters. The molecule has 43 heavy (non-hydrogen) atoms. The summed E-state index contributed by atoms with van der Waals surface area (Å²) in [4.78, 5) is 4.76. The minimum absolute atomic E-state index is 0.451. The van der Waals surface area contributed by atoms with Gasteiger partial charge < -0.3 is 4.42 Å². The van der Waals surface area contributed by atoms with Crippen LogP contribution in [0.4, 0.5) is 0 Å². The Labute approximate surface area is 252 Å². The predicted octanol–water partition coefficient (Wildman–Crippen LogP) is 10.7. The van der Waals surface area contributed by atoms with Crippen LogP contribution < -0.4 is 0 Å². The van der Waals surface area contributed by atoms with Crippen molar-refractivity contribution in [3.05, 3.63) is 137 Å². The van der Waals surface area contributed by atoms with Crippen LogP contribution in [0.25, 0.3) is 33.2 Å². The van der Waals surface area contributed by atoms with E-state index in [4.69, 9.17) is 9.40 Å². The monoisotopic (exact) mass is 557 g/mol. The highest BCUT2D eigenvalue weighted by molar-refractivity contribution is 6.05. The number of para-hydroxylation sites is 2. The molecule has 0 radical (unpaired) electrons. The highest BCUT2D eigenvalue weighted by Crippen LogP contribution is 2.68. The Morgan fingerprint density at radius 2 is 1.23 bits per heavy atom. The zero-order valence-electron chi connectivity index (χ0n) is 24.3. The molecule has 0 spiro atoms. The maximum Gasteiger partial charge on any atom is 0.138 e. The summed E-state index contributed by atoms with van der Waals surface area (Å²) < 4.78 is 6.65. The van der Waals surface area contributed by atoms with Gasteiger partial charge in [0.15, 0.2) is 0 Å². The molecule has 4 aromatic carbocycles. The van der Waals surface area contributed by atoms with Gasteiger partial charge in [-0.2, -0.15) is 0 Å². The van der Waals surface area contributed by atoms with Gasteiger partial charge in [-0.25, -0.2) is 0 Å². The number of furan rings is 1. The molecular weight excluding hydrogens is 522 g/mol. The third kappa shape index (κ3) is 3.44. The molecular formula is C41H35NO. The zero-order valence-corrected chi connectivity index (χ0v) is 24.3. The van der Waals surface area contributed by atoms with Crippen molar-refractivity contribution in [1.29, 1.82) is 0 Å². The molecule has 2 fully saturated rings. The molecule has 2 aromatic heterocycles. The summed E-state index contributed by atoms with van der Waals surface area (Å²) in [6.45, 7) is 0. The lowest BCUT2D eigenvalue weighted by molar-refractivity contribution is 0.0672. The molecule has 4 aliphatic carbocycles.